The van der Waals surface area contributed by atoms with Gasteiger partial charge in [-0.05, 0) is 32.7 Å². The fourth-order valence-electron chi connectivity index (χ4n) is 1.35. The first-order chi connectivity index (χ1) is 7.86. The molecule has 1 unspecified atom stereocenters. The number of aryl methyl sites for hydroxylation is 2. The Bertz CT molecular complexity index is 306. The van der Waals surface area contributed by atoms with Crippen LogP contribution in [0, 0.1) is 13.8 Å². The monoisotopic (exact) mass is 240 g/mol. The molecule has 0 bridgehead atoms. The molecule has 0 radical (unpaired) electrons. The zero-order valence-corrected chi connectivity index (χ0v) is 10.6. The smallest absolute Gasteiger partial charge is 0.423 e. The lowest BCUT2D eigenvalue weighted by atomic mass is 9.79. The first-order valence-corrected chi connectivity index (χ1v) is 5.60. The van der Waals surface area contributed by atoms with Gasteiger partial charge >= 0.3 is 7.12 Å². The third-order valence-electron chi connectivity index (χ3n) is 2.09. The van der Waals surface area contributed by atoms with Gasteiger partial charge in [-0.15, -0.1) is 0 Å². The van der Waals surface area contributed by atoms with Crippen molar-refractivity contribution in [3.63, 3.8) is 0 Å². The molecule has 1 rings (SSSR count). The van der Waals surface area contributed by atoms with Crippen LogP contribution >= 0.6 is 0 Å². The van der Waals surface area contributed by atoms with Crippen LogP contribution in [0.15, 0.2) is 18.2 Å². The van der Waals surface area contributed by atoms with Crippen molar-refractivity contribution in [1.82, 2.24) is 0 Å². The number of aliphatic hydroxyl groups is 2. The predicted molar refractivity (Wildman–Crippen MR) is 69.1 cm³/mol. The summed E-state index contributed by atoms with van der Waals surface area (Å²) in [6, 6.07) is 5.52. The summed E-state index contributed by atoms with van der Waals surface area (Å²) in [7, 11) is -1.35. The molecule has 0 fully saturated rings. The molecule has 0 saturated carbocycles. The summed E-state index contributed by atoms with van der Waals surface area (Å²) < 4.78 is 0. The van der Waals surface area contributed by atoms with Crippen molar-refractivity contribution >= 4 is 12.6 Å². The Balaban J connectivity index is 0.000000366. The van der Waals surface area contributed by atoms with Crippen LogP contribution < -0.4 is 5.46 Å². The molecule has 0 aliphatic rings. The summed E-state index contributed by atoms with van der Waals surface area (Å²) in [5.41, 5.74) is 2.66. The van der Waals surface area contributed by atoms with Crippen molar-refractivity contribution in [2.75, 3.05) is 6.61 Å². The van der Waals surface area contributed by atoms with E-state index in [1.807, 2.05) is 19.9 Å². The zero-order chi connectivity index (χ0) is 13.4. The third kappa shape index (κ3) is 7.93. The van der Waals surface area contributed by atoms with E-state index < -0.39 is 7.12 Å². The average molecular weight is 240 g/mol. The molecule has 17 heavy (non-hydrogen) atoms. The van der Waals surface area contributed by atoms with Crippen LogP contribution in [0.25, 0.3) is 0 Å². The van der Waals surface area contributed by atoms with Gasteiger partial charge in [0.15, 0.2) is 0 Å². The van der Waals surface area contributed by atoms with E-state index in [0.717, 1.165) is 11.1 Å². The SMILES string of the molecule is CC(O)CCO.Cc1cc(C)cc(B(O)O)c1. The lowest BCUT2D eigenvalue weighted by molar-refractivity contribution is 0.148. The van der Waals surface area contributed by atoms with Crippen LogP contribution in [0.4, 0.5) is 0 Å². The number of hydrogen-bond acceptors (Lipinski definition) is 4. The Labute approximate surface area is 103 Å². The van der Waals surface area contributed by atoms with Gasteiger partial charge < -0.3 is 20.3 Å². The van der Waals surface area contributed by atoms with Crippen molar-refractivity contribution in [3.8, 4) is 0 Å². The van der Waals surface area contributed by atoms with Crippen LogP contribution in [-0.2, 0) is 0 Å². The van der Waals surface area contributed by atoms with E-state index >= 15 is 0 Å². The van der Waals surface area contributed by atoms with Crippen LogP contribution in [0.5, 0.6) is 0 Å². The normalized spacial score (nSPS) is 11.5. The second kappa shape index (κ2) is 8.25. The molecule has 5 heteroatoms. The Morgan fingerprint density at radius 2 is 1.59 bits per heavy atom. The van der Waals surface area contributed by atoms with E-state index in [-0.39, 0.29) is 12.7 Å². The van der Waals surface area contributed by atoms with Gasteiger partial charge in [-0.3, -0.25) is 0 Å². The second-order valence-electron chi connectivity index (χ2n) is 4.16. The summed E-state index contributed by atoms with van der Waals surface area (Å²) in [5.74, 6) is 0. The van der Waals surface area contributed by atoms with Gasteiger partial charge in [0.05, 0.1) is 6.10 Å². The van der Waals surface area contributed by atoms with E-state index in [4.69, 9.17) is 20.3 Å². The van der Waals surface area contributed by atoms with Crippen molar-refractivity contribution in [3.05, 3.63) is 29.3 Å². The van der Waals surface area contributed by atoms with Crippen molar-refractivity contribution in [2.24, 2.45) is 0 Å². The van der Waals surface area contributed by atoms with Crippen LogP contribution in [-0.4, -0.2) is 40.1 Å². The molecule has 4 N–H and O–H groups in total. The molecule has 0 amide bonds. The highest BCUT2D eigenvalue weighted by molar-refractivity contribution is 6.58. The highest BCUT2D eigenvalue weighted by Gasteiger charge is 2.10. The highest BCUT2D eigenvalue weighted by atomic mass is 16.4. The molecule has 4 nitrogen and oxygen atoms in total. The molecule has 0 spiro atoms. The number of aliphatic hydroxyl groups excluding tert-OH is 2. The van der Waals surface area contributed by atoms with Crippen LogP contribution in [0.1, 0.15) is 24.5 Å². The third-order valence-corrected chi connectivity index (χ3v) is 2.09. The first-order valence-electron chi connectivity index (χ1n) is 5.60. The van der Waals surface area contributed by atoms with Gasteiger partial charge in [-0.2, -0.15) is 0 Å². The standard InChI is InChI=1S/C8H11BO2.C4H10O2/c1-6-3-7(2)5-8(4-6)9(10)11;1-4(6)2-3-5/h3-5,10-11H,1-2H3;4-6H,2-3H2,1H3. The summed E-state index contributed by atoms with van der Waals surface area (Å²) in [5, 5.41) is 34.1. The quantitative estimate of drug-likeness (QED) is 0.548. The molecular formula is C12H21BO4. The lowest BCUT2D eigenvalue weighted by Crippen LogP contribution is -2.30. The van der Waals surface area contributed by atoms with Gasteiger partial charge in [0.25, 0.3) is 0 Å². The van der Waals surface area contributed by atoms with Gasteiger partial charge in [0.2, 0.25) is 0 Å². The second-order valence-corrected chi connectivity index (χ2v) is 4.16. The summed E-state index contributed by atoms with van der Waals surface area (Å²) >= 11 is 0. The maximum atomic E-state index is 8.83. The summed E-state index contributed by atoms with van der Waals surface area (Å²) in [4.78, 5) is 0. The molecular weight excluding hydrogens is 219 g/mol. The van der Waals surface area contributed by atoms with E-state index in [2.05, 4.69) is 0 Å². The molecule has 1 aromatic carbocycles. The fraction of sp³-hybridized carbons (Fsp3) is 0.500. The topological polar surface area (TPSA) is 80.9 Å². The lowest BCUT2D eigenvalue weighted by Gasteiger charge is -2.02. The minimum atomic E-state index is -1.35. The average Bonchev–Trinajstić information content (AvgIpc) is 2.16. The number of hydrogen-bond donors (Lipinski definition) is 4. The maximum Gasteiger partial charge on any atom is 0.488 e. The fourth-order valence-corrected chi connectivity index (χ4v) is 1.35. The molecule has 0 heterocycles. The molecule has 0 aliphatic carbocycles. The van der Waals surface area contributed by atoms with Crippen LogP contribution in [0.3, 0.4) is 0 Å². The molecule has 0 aliphatic heterocycles. The van der Waals surface area contributed by atoms with Gasteiger partial charge in [-0.25, -0.2) is 0 Å². The Kier molecular flexibility index (Phi) is 7.83. The summed E-state index contributed by atoms with van der Waals surface area (Å²) in [6.07, 6.45) is 0.134. The number of rotatable bonds is 3. The minimum Gasteiger partial charge on any atom is -0.423 e. The molecule has 96 valence electrons. The van der Waals surface area contributed by atoms with E-state index in [1.54, 1.807) is 19.1 Å². The van der Waals surface area contributed by atoms with Gasteiger partial charge in [0.1, 0.15) is 0 Å². The van der Waals surface area contributed by atoms with Gasteiger partial charge in [0, 0.05) is 6.61 Å². The number of benzene rings is 1. The largest absolute Gasteiger partial charge is 0.488 e. The Morgan fingerprint density at radius 3 is 1.82 bits per heavy atom. The molecule has 1 aromatic rings. The van der Waals surface area contributed by atoms with Crippen molar-refractivity contribution in [1.29, 1.82) is 0 Å². The minimum absolute atomic E-state index is 0.0810. The van der Waals surface area contributed by atoms with Crippen molar-refractivity contribution < 1.29 is 20.3 Å². The Morgan fingerprint density at radius 1 is 1.12 bits per heavy atom. The van der Waals surface area contributed by atoms with Gasteiger partial charge in [-0.1, -0.05) is 29.3 Å². The van der Waals surface area contributed by atoms with Crippen molar-refractivity contribution in [2.45, 2.75) is 33.3 Å². The molecule has 1 atom stereocenters. The maximum absolute atomic E-state index is 8.83. The first kappa shape index (κ1) is 16.1. The molecule has 0 aromatic heterocycles. The predicted octanol–water partition coefficient (Wildman–Crippen LogP) is -0.267. The highest BCUT2D eigenvalue weighted by Crippen LogP contribution is 1.99. The van der Waals surface area contributed by atoms with E-state index in [0.29, 0.717) is 11.9 Å². The zero-order valence-electron chi connectivity index (χ0n) is 10.6. The van der Waals surface area contributed by atoms with Crippen LogP contribution in [0.2, 0.25) is 0 Å². The molecule has 0 saturated heterocycles. The van der Waals surface area contributed by atoms with E-state index in [9.17, 15) is 0 Å². The summed E-state index contributed by atoms with van der Waals surface area (Å²) in [6.45, 7) is 5.59. The van der Waals surface area contributed by atoms with E-state index in [1.165, 1.54) is 0 Å². The Hall–Kier alpha value is -0.875.